The largest absolute Gasteiger partial charge is 0.336 e. The van der Waals surface area contributed by atoms with E-state index >= 15 is 0 Å². The minimum Gasteiger partial charge on any atom is -0.336 e. The third kappa shape index (κ3) is 2.87. The standard InChI is InChI=1S/C13H17BrN2O/c1-9-3-4-11(7-12(9)14)13(17)16-6-5-15-10(2)8-16/h3-4,7,10,15H,5-6,8H2,1-2H3/t10-/m0/s1. The molecule has 1 N–H and O–H groups in total. The summed E-state index contributed by atoms with van der Waals surface area (Å²) < 4.78 is 0.992. The number of aryl methyl sites for hydroxylation is 1. The second-order valence-electron chi connectivity index (χ2n) is 4.57. The first-order valence-corrected chi connectivity index (χ1v) is 6.66. The lowest BCUT2D eigenvalue weighted by molar-refractivity contribution is 0.0709. The highest BCUT2D eigenvalue weighted by Gasteiger charge is 2.21. The van der Waals surface area contributed by atoms with Crippen LogP contribution in [0.25, 0.3) is 0 Å². The van der Waals surface area contributed by atoms with Crippen LogP contribution in [0.15, 0.2) is 22.7 Å². The van der Waals surface area contributed by atoms with Crippen molar-refractivity contribution in [2.24, 2.45) is 0 Å². The molecule has 1 heterocycles. The lowest BCUT2D eigenvalue weighted by Crippen LogP contribution is -2.51. The SMILES string of the molecule is Cc1ccc(C(=O)N2CCN[C@@H](C)C2)cc1Br. The van der Waals surface area contributed by atoms with Gasteiger partial charge in [0.25, 0.3) is 5.91 Å². The first-order chi connectivity index (χ1) is 8.08. The maximum atomic E-state index is 12.3. The van der Waals surface area contributed by atoms with E-state index in [9.17, 15) is 4.79 Å². The zero-order valence-corrected chi connectivity index (χ0v) is 11.8. The molecule has 92 valence electrons. The number of hydrogen-bond acceptors (Lipinski definition) is 2. The van der Waals surface area contributed by atoms with Crippen molar-refractivity contribution in [1.82, 2.24) is 10.2 Å². The van der Waals surface area contributed by atoms with Gasteiger partial charge >= 0.3 is 0 Å². The molecule has 0 aromatic heterocycles. The summed E-state index contributed by atoms with van der Waals surface area (Å²) in [6, 6.07) is 6.16. The zero-order valence-electron chi connectivity index (χ0n) is 10.2. The molecule has 1 aliphatic heterocycles. The molecule has 1 amide bonds. The molecule has 3 nitrogen and oxygen atoms in total. The van der Waals surface area contributed by atoms with E-state index in [2.05, 4.69) is 28.2 Å². The van der Waals surface area contributed by atoms with Crippen molar-refractivity contribution < 1.29 is 4.79 Å². The zero-order chi connectivity index (χ0) is 12.4. The van der Waals surface area contributed by atoms with Gasteiger partial charge in [0.05, 0.1) is 0 Å². The van der Waals surface area contributed by atoms with E-state index < -0.39 is 0 Å². The highest BCUT2D eigenvalue weighted by atomic mass is 79.9. The number of benzene rings is 1. The molecular formula is C13H17BrN2O. The Bertz CT molecular complexity index is 433. The van der Waals surface area contributed by atoms with Gasteiger partial charge in [0.1, 0.15) is 0 Å². The van der Waals surface area contributed by atoms with Gasteiger partial charge in [0, 0.05) is 35.7 Å². The maximum Gasteiger partial charge on any atom is 0.253 e. The molecule has 1 aromatic rings. The molecule has 0 bridgehead atoms. The molecule has 0 spiro atoms. The van der Waals surface area contributed by atoms with E-state index in [1.54, 1.807) is 0 Å². The Morgan fingerprint density at radius 1 is 1.53 bits per heavy atom. The molecule has 0 unspecified atom stereocenters. The molecule has 4 heteroatoms. The van der Waals surface area contributed by atoms with Crippen molar-refractivity contribution in [3.63, 3.8) is 0 Å². The lowest BCUT2D eigenvalue weighted by atomic mass is 10.1. The van der Waals surface area contributed by atoms with Crippen LogP contribution < -0.4 is 5.32 Å². The summed E-state index contributed by atoms with van der Waals surface area (Å²) in [4.78, 5) is 14.2. The van der Waals surface area contributed by atoms with Crippen molar-refractivity contribution in [2.45, 2.75) is 19.9 Å². The molecule has 1 aromatic carbocycles. The number of amides is 1. The van der Waals surface area contributed by atoms with Gasteiger partial charge in [0.15, 0.2) is 0 Å². The van der Waals surface area contributed by atoms with Crippen molar-refractivity contribution in [3.8, 4) is 0 Å². The van der Waals surface area contributed by atoms with E-state index in [-0.39, 0.29) is 5.91 Å². The Labute approximate surface area is 110 Å². The summed E-state index contributed by atoms with van der Waals surface area (Å²) in [5.74, 6) is 0.124. The number of carbonyl (C=O) groups excluding carboxylic acids is 1. The molecule has 0 aliphatic carbocycles. The van der Waals surface area contributed by atoms with Crippen molar-refractivity contribution in [2.75, 3.05) is 19.6 Å². The lowest BCUT2D eigenvalue weighted by Gasteiger charge is -2.32. The predicted octanol–water partition coefficient (Wildman–Crippen LogP) is 2.19. The number of nitrogens with zero attached hydrogens (tertiary/aromatic N) is 1. The maximum absolute atomic E-state index is 12.3. The number of nitrogens with one attached hydrogen (secondary N) is 1. The topological polar surface area (TPSA) is 32.3 Å². The third-order valence-corrected chi connectivity index (χ3v) is 3.93. The van der Waals surface area contributed by atoms with Crippen LogP contribution in [0.4, 0.5) is 0 Å². The molecule has 17 heavy (non-hydrogen) atoms. The van der Waals surface area contributed by atoms with Crippen molar-refractivity contribution in [3.05, 3.63) is 33.8 Å². The normalized spacial score (nSPS) is 20.4. The van der Waals surface area contributed by atoms with E-state index in [1.165, 1.54) is 0 Å². The van der Waals surface area contributed by atoms with Gasteiger partial charge < -0.3 is 10.2 Å². The van der Waals surface area contributed by atoms with Gasteiger partial charge in [-0.1, -0.05) is 22.0 Å². The first kappa shape index (κ1) is 12.6. The molecular weight excluding hydrogens is 280 g/mol. The van der Waals surface area contributed by atoms with Crippen LogP contribution in [0, 0.1) is 6.92 Å². The summed E-state index contributed by atoms with van der Waals surface area (Å²) in [6.07, 6.45) is 0. The Hall–Kier alpha value is -0.870. The van der Waals surface area contributed by atoms with Gasteiger partial charge in [-0.3, -0.25) is 4.79 Å². The minimum absolute atomic E-state index is 0.124. The highest BCUT2D eigenvalue weighted by molar-refractivity contribution is 9.10. The third-order valence-electron chi connectivity index (χ3n) is 3.07. The smallest absolute Gasteiger partial charge is 0.253 e. The summed E-state index contributed by atoms with van der Waals surface area (Å²) in [7, 11) is 0. The Balaban J connectivity index is 2.15. The summed E-state index contributed by atoms with van der Waals surface area (Å²) in [5.41, 5.74) is 1.91. The summed E-state index contributed by atoms with van der Waals surface area (Å²) >= 11 is 3.47. The predicted molar refractivity (Wildman–Crippen MR) is 72.2 cm³/mol. The molecule has 2 rings (SSSR count). The number of rotatable bonds is 1. The van der Waals surface area contributed by atoms with Crippen LogP contribution in [-0.4, -0.2) is 36.5 Å². The second-order valence-corrected chi connectivity index (χ2v) is 5.42. The van der Waals surface area contributed by atoms with Gasteiger partial charge in [-0.15, -0.1) is 0 Å². The Morgan fingerprint density at radius 2 is 2.29 bits per heavy atom. The fourth-order valence-corrected chi connectivity index (χ4v) is 2.40. The van der Waals surface area contributed by atoms with Crippen molar-refractivity contribution >= 4 is 21.8 Å². The molecule has 0 radical (unpaired) electrons. The van der Waals surface area contributed by atoms with E-state index in [4.69, 9.17) is 0 Å². The van der Waals surface area contributed by atoms with Gasteiger partial charge in [-0.2, -0.15) is 0 Å². The molecule has 1 aliphatic rings. The van der Waals surface area contributed by atoms with Gasteiger partial charge in [-0.25, -0.2) is 0 Å². The van der Waals surface area contributed by atoms with E-state index in [0.29, 0.717) is 6.04 Å². The average Bonchev–Trinajstić information content (AvgIpc) is 2.32. The van der Waals surface area contributed by atoms with Crippen LogP contribution >= 0.6 is 15.9 Å². The number of carbonyl (C=O) groups is 1. The first-order valence-electron chi connectivity index (χ1n) is 5.87. The number of halogens is 1. The number of hydrogen-bond donors (Lipinski definition) is 1. The van der Waals surface area contributed by atoms with Gasteiger partial charge in [-0.05, 0) is 31.5 Å². The monoisotopic (exact) mass is 296 g/mol. The minimum atomic E-state index is 0.124. The fraction of sp³-hybridized carbons (Fsp3) is 0.462. The Kier molecular flexibility index (Phi) is 3.84. The Morgan fingerprint density at radius 3 is 2.94 bits per heavy atom. The quantitative estimate of drug-likeness (QED) is 0.862. The summed E-state index contributed by atoms with van der Waals surface area (Å²) in [6.45, 7) is 6.56. The second kappa shape index (κ2) is 5.19. The van der Waals surface area contributed by atoms with E-state index in [0.717, 1.165) is 35.2 Å². The number of piperazine rings is 1. The van der Waals surface area contributed by atoms with Crippen molar-refractivity contribution in [1.29, 1.82) is 0 Å². The van der Waals surface area contributed by atoms with Crippen LogP contribution in [0.3, 0.4) is 0 Å². The highest BCUT2D eigenvalue weighted by Crippen LogP contribution is 2.19. The van der Waals surface area contributed by atoms with Crippen LogP contribution in [0.1, 0.15) is 22.8 Å². The molecule has 1 fully saturated rings. The molecule has 1 saturated heterocycles. The molecule has 0 saturated carbocycles. The fourth-order valence-electron chi connectivity index (χ4n) is 2.03. The average molecular weight is 297 g/mol. The van der Waals surface area contributed by atoms with E-state index in [1.807, 2.05) is 30.0 Å². The van der Waals surface area contributed by atoms with Crippen LogP contribution in [0.2, 0.25) is 0 Å². The molecule has 1 atom stereocenters. The van der Waals surface area contributed by atoms with Gasteiger partial charge in [0.2, 0.25) is 0 Å². The summed E-state index contributed by atoms with van der Waals surface area (Å²) in [5, 5.41) is 3.34. The van der Waals surface area contributed by atoms with Crippen LogP contribution in [0.5, 0.6) is 0 Å². The van der Waals surface area contributed by atoms with Crippen LogP contribution in [-0.2, 0) is 0 Å².